The van der Waals surface area contributed by atoms with E-state index in [-0.39, 0.29) is 28.9 Å². The maximum Gasteiger partial charge on any atom is 0.278 e. The maximum absolute atomic E-state index is 11.8. The molecule has 0 bridgehead atoms. The number of hydrogen-bond donors (Lipinski definition) is 1. The number of nitro groups is 2. The van der Waals surface area contributed by atoms with Crippen LogP contribution in [-0.2, 0) is 11.2 Å². The van der Waals surface area contributed by atoms with Crippen molar-refractivity contribution in [2.75, 3.05) is 0 Å². The van der Waals surface area contributed by atoms with Crippen molar-refractivity contribution in [1.29, 1.82) is 0 Å². The average Bonchev–Trinajstić information content (AvgIpc) is 2.55. The Morgan fingerprint density at radius 2 is 1.58 bits per heavy atom. The first kappa shape index (κ1) is 16.7. The topological polar surface area (TPSA) is 128 Å². The van der Waals surface area contributed by atoms with Crippen molar-refractivity contribution in [3.05, 3.63) is 79.9 Å². The van der Waals surface area contributed by atoms with E-state index in [9.17, 15) is 25.0 Å². The second-order valence-electron chi connectivity index (χ2n) is 4.67. The molecular weight excluding hydrogens is 316 g/mol. The highest BCUT2D eigenvalue weighted by Crippen LogP contribution is 2.18. The molecular formula is C15H12N4O5. The summed E-state index contributed by atoms with van der Waals surface area (Å²) in [5, 5.41) is 25.4. The number of hydrazone groups is 1. The van der Waals surface area contributed by atoms with Crippen LogP contribution in [0, 0.1) is 20.2 Å². The predicted octanol–water partition coefficient (Wildman–Crippen LogP) is 2.20. The molecule has 0 spiro atoms. The average molecular weight is 328 g/mol. The van der Waals surface area contributed by atoms with Gasteiger partial charge in [0.15, 0.2) is 0 Å². The Hall–Kier alpha value is -3.62. The van der Waals surface area contributed by atoms with Crippen LogP contribution in [0.3, 0.4) is 0 Å². The third kappa shape index (κ3) is 4.19. The van der Waals surface area contributed by atoms with Crippen molar-refractivity contribution in [3.63, 3.8) is 0 Å². The van der Waals surface area contributed by atoms with E-state index in [4.69, 9.17) is 0 Å². The minimum Gasteiger partial charge on any atom is -0.273 e. The predicted molar refractivity (Wildman–Crippen MR) is 85.6 cm³/mol. The third-order valence-corrected chi connectivity index (χ3v) is 3.07. The Labute approximate surface area is 135 Å². The fraction of sp³-hybridized carbons (Fsp3) is 0.0667. The summed E-state index contributed by atoms with van der Waals surface area (Å²) < 4.78 is 0. The molecule has 2 aromatic rings. The van der Waals surface area contributed by atoms with Gasteiger partial charge in [0.1, 0.15) is 0 Å². The van der Waals surface area contributed by atoms with Crippen molar-refractivity contribution in [2.45, 2.75) is 6.42 Å². The summed E-state index contributed by atoms with van der Waals surface area (Å²) in [6.45, 7) is 0. The highest BCUT2D eigenvalue weighted by molar-refractivity contribution is 5.87. The van der Waals surface area contributed by atoms with Crippen LogP contribution in [0.5, 0.6) is 0 Å². The molecule has 0 aromatic heterocycles. The number of nitrogens with one attached hydrogen (secondary N) is 1. The van der Waals surface area contributed by atoms with E-state index in [1.807, 2.05) is 0 Å². The fourth-order valence-corrected chi connectivity index (χ4v) is 1.99. The minimum absolute atomic E-state index is 0.144. The maximum atomic E-state index is 11.8. The molecule has 1 amide bonds. The Morgan fingerprint density at radius 1 is 1.00 bits per heavy atom. The summed E-state index contributed by atoms with van der Waals surface area (Å²) in [5.74, 6) is -0.570. The number of nitrogens with zero attached hydrogens (tertiary/aromatic N) is 3. The van der Waals surface area contributed by atoms with Crippen LogP contribution in [0.15, 0.2) is 53.6 Å². The number of carbonyl (C=O) groups excluding carboxylic acids is 1. The molecule has 0 saturated heterocycles. The molecule has 0 heterocycles. The zero-order valence-electron chi connectivity index (χ0n) is 12.3. The molecule has 0 aliphatic heterocycles. The van der Waals surface area contributed by atoms with Gasteiger partial charge in [0, 0.05) is 17.7 Å². The lowest BCUT2D eigenvalue weighted by Gasteiger charge is -2.02. The number of para-hydroxylation sites is 2. The van der Waals surface area contributed by atoms with Crippen LogP contribution in [0.4, 0.5) is 11.4 Å². The summed E-state index contributed by atoms with van der Waals surface area (Å²) in [6.07, 6.45) is 0.917. The number of carbonyl (C=O) groups is 1. The largest absolute Gasteiger partial charge is 0.278 e. The van der Waals surface area contributed by atoms with Gasteiger partial charge in [-0.2, -0.15) is 5.10 Å². The molecule has 1 N–H and O–H groups in total. The van der Waals surface area contributed by atoms with E-state index in [2.05, 4.69) is 10.5 Å². The summed E-state index contributed by atoms with van der Waals surface area (Å²) in [5.41, 5.74) is 2.38. The van der Waals surface area contributed by atoms with E-state index in [0.29, 0.717) is 0 Å². The normalized spacial score (nSPS) is 10.5. The SMILES string of the molecule is O=C(Cc1ccccc1[N+](=O)[O-])N/N=C/c1ccccc1[N+](=O)[O-]. The molecule has 0 unspecified atom stereocenters. The van der Waals surface area contributed by atoms with Gasteiger partial charge in [0.05, 0.1) is 28.0 Å². The van der Waals surface area contributed by atoms with Gasteiger partial charge in [-0.25, -0.2) is 5.43 Å². The molecule has 9 nitrogen and oxygen atoms in total. The molecule has 0 saturated carbocycles. The first-order chi connectivity index (χ1) is 11.5. The standard InChI is InChI=1S/C15H12N4O5/c20-15(9-11-5-1-3-7-13(11)18(21)22)17-16-10-12-6-2-4-8-14(12)19(23)24/h1-8,10H,9H2,(H,17,20)/b16-10+. The van der Waals surface area contributed by atoms with E-state index in [1.54, 1.807) is 12.1 Å². The molecule has 0 fully saturated rings. The van der Waals surface area contributed by atoms with Crippen LogP contribution in [0.25, 0.3) is 0 Å². The molecule has 0 atom stereocenters. The fourth-order valence-electron chi connectivity index (χ4n) is 1.99. The van der Waals surface area contributed by atoms with Crippen molar-refractivity contribution in [1.82, 2.24) is 5.43 Å². The van der Waals surface area contributed by atoms with Crippen LogP contribution in [-0.4, -0.2) is 22.0 Å². The van der Waals surface area contributed by atoms with Crippen molar-refractivity contribution in [2.24, 2.45) is 5.10 Å². The van der Waals surface area contributed by atoms with Crippen LogP contribution < -0.4 is 5.43 Å². The van der Waals surface area contributed by atoms with Gasteiger partial charge in [0.25, 0.3) is 11.4 Å². The van der Waals surface area contributed by atoms with Gasteiger partial charge in [0.2, 0.25) is 5.91 Å². The van der Waals surface area contributed by atoms with Crippen LogP contribution in [0.1, 0.15) is 11.1 Å². The molecule has 0 radical (unpaired) electrons. The highest BCUT2D eigenvalue weighted by atomic mass is 16.6. The summed E-state index contributed by atoms with van der Waals surface area (Å²) >= 11 is 0. The highest BCUT2D eigenvalue weighted by Gasteiger charge is 2.15. The number of benzene rings is 2. The number of nitro benzene ring substituents is 2. The van der Waals surface area contributed by atoms with Gasteiger partial charge < -0.3 is 0 Å². The monoisotopic (exact) mass is 328 g/mol. The van der Waals surface area contributed by atoms with Crippen molar-refractivity contribution >= 4 is 23.5 Å². The minimum atomic E-state index is -0.570. The Kier molecular flexibility index (Phi) is 5.29. The quantitative estimate of drug-likeness (QED) is 0.494. The zero-order chi connectivity index (χ0) is 17.5. The van der Waals surface area contributed by atoms with Crippen molar-refractivity contribution < 1.29 is 14.6 Å². The smallest absolute Gasteiger partial charge is 0.273 e. The van der Waals surface area contributed by atoms with E-state index >= 15 is 0 Å². The van der Waals surface area contributed by atoms with Gasteiger partial charge in [-0.3, -0.25) is 25.0 Å². The molecule has 9 heteroatoms. The first-order valence-corrected chi connectivity index (χ1v) is 6.76. The zero-order valence-corrected chi connectivity index (χ0v) is 12.3. The summed E-state index contributed by atoms with van der Waals surface area (Å²) in [4.78, 5) is 32.4. The van der Waals surface area contributed by atoms with E-state index in [0.717, 1.165) is 6.21 Å². The third-order valence-electron chi connectivity index (χ3n) is 3.07. The Morgan fingerprint density at radius 3 is 2.25 bits per heavy atom. The lowest BCUT2D eigenvalue weighted by molar-refractivity contribution is -0.385. The van der Waals surface area contributed by atoms with Gasteiger partial charge >= 0.3 is 0 Å². The molecule has 0 aliphatic carbocycles. The summed E-state index contributed by atoms with van der Waals surface area (Å²) in [7, 11) is 0. The lowest BCUT2D eigenvalue weighted by atomic mass is 10.1. The number of rotatable bonds is 6. The number of amides is 1. The molecule has 2 rings (SSSR count). The summed E-state index contributed by atoms with van der Waals surface area (Å²) in [6, 6.07) is 11.8. The van der Waals surface area contributed by atoms with Gasteiger partial charge in [-0.15, -0.1) is 0 Å². The molecule has 2 aromatic carbocycles. The molecule has 0 aliphatic rings. The van der Waals surface area contributed by atoms with Crippen LogP contribution in [0.2, 0.25) is 0 Å². The Bertz CT molecular complexity index is 819. The number of hydrogen-bond acceptors (Lipinski definition) is 6. The molecule has 122 valence electrons. The second kappa shape index (κ2) is 7.58. The van der Waals surface area contributed by atoms with Gasteiger partial charge in [-0.1, -0.05) is 30.3 Å². The Balaban J connectivity index is 2.04. The van der Waals surface area contributed by atoms with Crippen molar-refractivity contribution in [3.8, 4) is 0 Å². The lowest BCUT2D eigenvalue weighted by Crippen LogP contribution is -2.20. The second-order valence-corrected chi connectivity index (χ2v) is 4.67. The van der Waals surface area contributed by atoms with E-state index in [1.165, 1.54) is 36.4 Å². The molecule has 24 heavy (non-hydrogen) atoms. The van der Waals surface area contributed by atoms with Crippen LogP contribution >= 0.6 is 0 Å². The van der Waals surface area contributed by atoms with E-state index < -0.39 is 15.8 Å². The first-order valence-electron chi connectivity index (χ1n) is 6.76. The van der Waals surface area contributed by atoms with Gasteiger partial charge in [-0.05, 0) is 6.07 Å².